The number of hydrogen-bond donors (Lipinski definition) is 1. The Labute approximate surface area is 157 Å². The highest BCUT2D eigenvalue weighted by Crippen LogP contribution is 2.53. The summed E-state index contributed by atoms with van der Waals surface area (Å²) in [6.07, 6.45) is 1.88. The molecule has 6 nitrogen and oxygen atoms in total. The summed E-state index contributed by atoms with van der Waals surface area (Å²) in [5, 5.41) is 9.12. The summed E-state index contributed by atoms with van der Waals surface area (Å²) in [5.41, 5.74) is -0.126. The average Bonchev–Trinajstić information content (AvgIpc) is 2.80. The molecule has 1 unspecified atom stereocenters. The first kappa shape index (κ1) is 20.8. The first-order valence-electron chi connectivity index (χ1n) is 8.32. The summed E-state index contributed by atoms with van der Waals surface area (Å²) in [5.74, 6) is -1.83. The van der Waals surface area contributed by atoms with Crippen molar-refractivity contribution < 1.29 is 23.7 Å². The topological polar surface area (TPSA) is 89.9 Å². The molecule has 1 saturated heterocycles. The Morgan fingerprint density at radius 2 is 2.04 bits per heavy atom. The predicted octanol–water partition coefficient (Wildman–Crippen LogP) is 2.95. The van der Waals surface area contributed by atoms with Gasteiger partial charge in [-0.3, -0.25) is 9.69 Å². The van der Waals surface area contributed by atoms with E-state index in [0.717, 1.165) is 0 Å². The highest BCUT2D eigenvalue weighted by Gasteiger charge is 2.61. The summed E-state index contributed by atoms with van der Waals surface area (Å²) in [6, 6.07) is 0. The third-order valence-electron chi connectivity index (χ3n) is 5.27. The van der Waals surface area contributed by atoms with Crippen molar-refractivity contribution in [2.24, 2.45) is 5.92 Å². The minimum absolute atomic E-state index is 0.0241. The monoisotopic (exact) mass is 405 g/mol. The van der Waals surface area contributed by atoms with Gasteiger partial charge in [0.05, 0.1) is 12.0 Å². The molecule has 1 amide bonds. The summed E-state index contributed by atoms with van der Waals surface area (Å²) < 4.78 is 18.6. The van der Waals surface area contributed by atoms with Crippen molar-refractivity contribution in [3.8, 4) is 0 Å². The number of carboxylic acids is 1. The highest BCUT2D eigenvalue weighted by atomic mass is 32.3. The Hall–Kier alpha value is -0.483. The number of β-lactam (4-membered cyclic amide) rings is 1. The van der Waals surface area contributed by atoms with Crippen molar-refractivity contribution in [2.45, 2.75) is 63.7 Å². The number of aliphatic carboxylic acids is 1. The van der Waals surface area contributed by atoms with Crippen LogP contribution in [-0.2, 0) is 25.2 Å². The molecule has 0 saturated carbocycles. The summed E-state index contributed by atoms with van der Waals surface area (Å²) in [7, 11) is -2.06. The first-order chi connectivity index (χ1) is 11.3. The second-order valence-electron chi connectivity index (χ2n) is 7.96. The lowest BCUT2D eigenvalue weighted by Gasteiger charge is -2.48. The van der Waals surface area contributed by atoms with Crippen molar-refractivity contribution in [3.05, 3.63) is 9.93 Å². The fraction of sp³-hybridized carbons (Fsp3) is 0.750. The Morgan fingerprint density at radius 3 is 2.44 bits per heavy atom. The minimum atomic E-state index is -2.06. The third-order valence-corrected chi connectivity index (χ3v) is 12.6. The second-order valence-corrected chi connectivity index (χ2v) is 15.4. The van der Waals surface area contributed by atoms with Gasteiger partial charge >= 0.3 is 5.97 Å². The van der Waals surface area contributed by atoms with Crippen LogP contribution in [0.5, 0.6) is 0 Å². The van der Waals surface area contributed by atoms with Gasteiger partial charge in [0.25, 0.3) is 0 Å². The van der Waals surface area contributed by atoms with Crippen LogP contribution in [0, 0.1) is 5.92 Å². The van der Waals surface area contributed by atoms with Crippen molar-refractivity contribution in [1.82, 2.24) is 4.90 Å². The minimum Gasteiger partial charge on any atom is -0.611 e. The molecule has 2 aliphatic rings. The van der Waals surface area contributed by atoms with E-state index >= 15 is 0 Å². The number of carbonyl (C=O) groups is 2. The van der Waals surface area contributed by atoms with Gasteiger partial charge in [-0.05, 0) is 47.5 Å². The van der Waals surface area contributed by atoms with Gasteiger partial charge in [-0.1, -0.05) is 27.7 Å². The van der Waals surface area contributed by atoms with Gasteiger partial charge in [-0.15, -0.1) is 0 Å². The molecule has 0 aromatic carbocycles. The lowest BCUT2D eigenvalue weighted by atomic mass is 9.90. The molecule has 25 heavy (non-hydrogen) atoms. The molecule has 0 aromatic rings. The van der Waals surface area contributed by atoms with Crippen LogP contribution in [0.4, 0.5) is 0 Å². The van der Waals surface area contributed by atoms with Crippen molar-refractivity contribution >= 4 is 43.1 Å². The van der Waals surface area contributed by atoms with Crippen LogP contribution in [0.2, 0.25) is 18.1 Å². The molecule has 0 bridgehead atoms. The van der Waals surface area contributed by atoms with Crippen LogP contribution in [0.1, 0.15) is 34.1 Å². The van der Waals surface area contributed by atoms with Crippen LogP contribution in [0.25, 0.3) is 0 Å². The molecule has 0 radical (unpaired) electrons. The largest absolute Gasteiger partial charge is 0.611 e. The average molecular weight is 406 g/mol. The molecule has 4 atom stereocenters. The van der Waals surface area contributed by atoms with E-state index in [9.17, 15) is 19.2 Å². The smallest absolute Gasteiger partial charge is 0.358 e. The number of rotatable bonds is 6. The van der Waals surface area contributed by atoms with Crippen LogP contribution < -0.4 is 0 Å². The van der Waals surface area contributed by atoms with Gasteiger partial charge in [0.2, 0.25) is 10.1 Å². The number of fused-ring (bicyclic) bond motifs is 1. The van der Waals surface area contributed by atoms with Crippen LogP contribution in [0.3, 0.4) is 0 Å². The van der Waals surface area contributed by atoms with E-state index in [1.165, 1.54) is 22.9 Å². The molecular weight excluding hydrogens is 378 g/mol. The maximum Gasteiger partial charge on any atom is 0.358 e. The van der Waals surface area contributed by atoms with E-state index < -0.39 is 25.5 Å². The van der Waals surface area contributed by atoms with E-state index in [1.54, 1.807) is 0 Å². The number of amides is 1. The summed E-state index contributed by atoms with van der Waals surface area (Å²) in [6.45, 7) is 12.7. The van der Waals surface area contributed by atoms with E-state index in [1.807, 2.05) is 6.92 Å². The van der Waals surface area contributed by atoms with E-state index in [4.69, 9.17) is 4.43 Å². The number of carboxylic acid groups (broad SMARTS) is 1. The Bertz CT molecular complexity index is 614. The third kappa shape index (κ3) is 3.53. The fourth-order valence-electron chi connectivity index (χ4n) is 2.82. The summed E-state index contributed by atoms with van der Waals surface area (Å²) in [4.78, 5) is 25.5. The molecule has 0 aliphatic carbocycles. The molecular formula is C16H27NO5S2Si. The van der Waals surface area contributed by atoms with Gasteiger partial charge in [0, 0.05) is 0 Å². The molecule has 9 heteroatoms. The van der Waals surface area contributed by atoms with Crippen LogP contribution in [-0.4, -0.2) is 52.5 Å². The first-order valence-corrected chi connectivity index (χ1v) is 13.7. The van der Waals surface area contributed by atoms with Crippen LogP contribution in [0.15, 0.2) is 9.93 Å². The Kier molecular flexibility index (Phi) is 5.76. The van der Waals surface area contributed by atoms with Gasteiger partial charge in [-0.2, -0.15) is 0 Å². The fourth-order valence-corrected chi connectivity index (χ4v) is 6.81. The van der Waals surface area contributed by atoms with E-state index in [2.05, 4.69) is 33.9 Å². The molecule has 2 heterocycles. The number of hydrogen-bond acceptors (Lipinski definition) is 5. The zero-order valence-electron chi connectivity index (χ0n) is 15.8. The standard InChI is InChI=1S/C16H27NO5S2Si/c1-8-9(22-25(6,7)16(2,3)4)10-12(18)17-11(14(19)20)15(24(5)21)23-13(10)17/h9-10,13H,8H2,1-7H3,(H,19,20)/t9-,10-,13-,24?/m1/s1. The molecule has 142 valence electrons. The maximum absolute atomic E-state index is 12.7. The molecule has 2 rings (SSSR count). The van der Waals surface area contributed by atoms with E-state index in [0.29, 0.717) is 6.42 Å². The quantitative estimate of drug-likeness (QED) is 0.415. The lowest BCUT2D eigenvalue weighted by Crippen LogP contribution is -2.63. The van der Waals surface area contributed by atoms with Gasteiger partial charge < -0.3 is 14.1 Å². The zero-order valence-corrected chi connectivity index (χ0v) is 18.4. The Balaban J connectivity index is 2.24. The van der Waals surface area contributed by atoms with Gasteiger partial charge in [0.15, 0.2) is 14.0 Å². The Morgan fingerprint density at radius 1 is 1.48 bits per heavy atom. The number of thioether (sulfide) groups is 1. The summed E-state index contributed by atoms with van der Waals surface area (Å²) >= 11 is -0.202. The van der Waals surface area contributed by atoms with Gasteiger partial charge in [-0.25, -0.2) is 4.79 Å². The number of carbonyl (C=O) groups excluding carboxylic acids is 1. The van der Waals surface area contributed by atoms with Crippen molar-refractivity contribution in [1.29, 1.82) is 0 Å². The predicted molar refractivity (Wildman–Crippen MR) is 103 cm³/mol. The van der Waals surface area contributed by atoms with E-state index in [-0.39, 0.29) is 38.3 Å². The maximum atomic E-state index is 12.7. The molecule has 0 aromatic heterocycles. The van der Waals surface area contributed by atoms with Gasteiger partial charge in [0.1, 0.15) is 11.6 Å². The van der Waals surface area contributed by atoms with Crippen molar-refractivity contribution in [2.75, 3.05) is 6.26 Å². The second kappa shape index (κ2) is 6.92. The molecule has 1 fully saturated rings. The van der Waals surface area contributed by atoms with Crippen molar-refractivity contribution in [3.63, 3.8) is 0 Å². The molecule has 1 N–H and O–H groups in total. The molecule has 0 spiro atoms. The SMILES string of the molecule is CC[C@@H](O[Si](C)(C)C(C)(C)C)[C@@H]1C(=O)N2C(C(=O)O)=C([S+](C)[O-])S[C@H]12. The normalized spacial score (nSPS) is 26.4. The highest BCUT2D eigenvalue weighted by molar-refractivity contribution is 8.19. The molecule has 2 aliphatic heterocycles. The van der Waals surface area contributed by atoms with Crippen LogP contribution >= 0.6 is 11.8 Å². The lowest BCUT2D eigenvalue weighted by molar-refractivity contribution is -0.156. The zero-order chi connectivity index (χ0) is 19.3. The number of nitrogens with zero attached hydrogens (tertiary/aromatic N) is 1.